The second-order valence-corrected chi connectivity index (χ2v) is 10.0. The molecule has 6 rings (SSSR count). The summed E-state index contributed by atoms with van der Waals surface area (Å²) in [5.41, 5.74) is 2.15. The number of nitrogens with one attached hydrogen (secondary N) is 2. The van der Waals surface area contributed by atoms with Crippen molar-refractivity contribution in [2.24, 2.45) is 0 Å². The van der Waals surface area contributed by atoms with E-state index in [1.54, 1.807) is 36.6 Å². The topological polar surface area (TPSA) is 91.1 Å². The maximum Gasteiger partial charge on any atom is 0.229 e. The van der Waals surface area contributed by atoms with Crippen LogP contribution < -0.4 is 15.5 Å². The van der Waals surface area contributed by atoms with Gasteiger partial charge in [0.2, 0.25) is 5.95 Å². The molecule has 3 aromatic heterocycles. The Balaban J connectivity index is 1.26. The third-order valence-corrected chi connectivity index (χ3v) is 6.82. The minimum atomic E-state index is -1.12. The summed E-state index contributed by atoms with van der Waals surface area (Å²) in [6.07, 6.45) is 5.32. The molecule has 3 N–H and O–H groups in total. The van der Waals surface area contributed by atoms with Crippen LogP contribution in [0.25, 0.3) is 16.9 Å². The molecule has 1 spiro atoms. The van der Waals surface area contributed by atoms with Crippen LogP contribution in [-0.2, 0) is 5.60 Å². The Morgan fingerprint density at radius 2 is 1.91 bits per heavy atom. The SMILES string of the molecule is CC(C)(O)c1cccc(-n2cc(F)c3cnc(Nc4ccc(N5CCNC6(CC6)C5)cc4)nc32)n1. The molecule has 1 saturated carbocycles. The number of hydrogen-bond donors (Lipinski definition) is 3. The number of benzene rings is 1. The highest BCUT2D eigenvalue weighted by molar-refractivity contribution is 5.79. The number of piperazine rings is 1. The molecule has 180 valence electrons. The number of pyridine rings is 1. The zero-order valence-corrected chi connectivity index (χ0v) is 19.8. The van der Waals surface area contributed by atoms with Crippen LogP contribution in [0, 0.1) is 5.82 Å². The first-order valence-corrected chi connectivity index (χ1v) is 11.9. The summed E-state index contributed by atoms with van der Waals surface area (Å²) in [7, 11) is 0. The van der Waals surface area contributed by atoms with E-state index in [2.05, 4.69) is 42.6 Å². The van der Waals surface area contributed by atoms with Gasteiger partial charge >= 0.3 is 0 Å². The predicted octanol–water partition coefficient (Wildman–Crippen LogP) is 3.87. The summed E-state index contributed by atoms with van der Waals surface area (Å²) in [5.74, 6) is 0.398. The third kappa shape index (κ3) is 4.21. The molecule has 0 radical (unpaired) electrons. The first kappa shape index (κ1) is 21.9. The maximum atomic E-state index is 14.7. The molecule has 1 aliphatic heterocycles. The van der Waals surface area contributed by atoms with E-state index in [-0.39, 0.29) is 0 Å². The van der Waals surface area contributed by atoms with Gasteiger partial charge in [0, 0.05) is 48.9 Å². The van der Waals surface area contributed by atoms with E-state index >= 15 is 0 Å². The Bertz CT molecular complexity index is 1390. The van der Waals surface area contributed by atoms with Crippen LogP contribution in [0.3, 0.4) is 0 Å². The molecule has 1 saturated heterocycles. The average molecular weight is 474 g/mol. The van der Waals surface area contributed by atoms with Crippen molar-refractivity contribution in [1.82, 2.24) is 24.8 Å². The van der Waals surface area contributed by atoms with Crippen LogP contribution in [0.4, 0.5) is 21.7 Å². The van der Waals surface area contributed by atoms with Crippen LogP contribution in [0.15, 0.2) is 54.9 Å². The highest BCUT2D eigenvalue weighted by atomic mass is 19.1. The molecule has 35 heavy (non-hydrogen) atoms. The van der Waals surface area contributed by atoms with Crippen LogP contribution in [0.2, 0.25) is 0 Å². The number of aliphatic hydroxyl groups is 1. The van der Waals surface area contributed by atoms with Gasteiger partial charge in [-0.1, -0.05) is 6.07 Å². The fourth-order valence-electron chi connectivity index (χ4n) is 4.65. The summed E-state index contributed by atoms with van der Waals surface area (Å²) in [4.78, 5) is 15.8. The molecule has 9 heteroatoms. The smallest absolute Gasteiger partial charge is 0.229 e. The first-order valence-electron chi connectivity index (χ1n) is 11.9. The Kier molecular flexibility index (Phi) is 5.01. The van der Waals surface area contributed by atoms with Crippen molar-refractivity contribution in [3.8, 4) is 5.82 Å². The van der Waals surface area contributed by atoms with E-state index in [1.807, 2.05) is 12.1 Å². The summed E-state index contributed by atoms with van der Waals surface area (Å²) in [5, 5.41) is 17.5. The molecule has 4 heterocycles. The van der Waals surface area contributed by atoms with E-state index in [0.29, 0.717) is 34.0 Å². The van der Waals surface area contributed by atoms with Gasteiger partial charge in [0.25, 0.3) is 0 Å². The Labute approximate surface area is 202 Å². The van der Waals surface area contributed by atoms with Gasteiger partial charge in [0.05, 0.1) is 11.1 Å². The summed E-state index contributed by atoms with van der Waals surface area (Å²) >= 11 is 0. The van der Waals surface area contributed by atoms with Crippen LogP contribution in [0.5, 0.6) is 0 Å². The normalized spacial score (nSPS) is 17.2. The number of hydrogen-bond acceptors (Lipinski definition) is 7. The molecule has 2 aliphatic rings. The van der Waals surface area contributed by atoms with Gasteiger partial charge in [0.15, 0.2) is 11.5 Å². The zero-order chi connectivity index (χ0) is 24.2. The largest absolute Gasteiger partial charge is 0.384 e. The molecule has 1 aliphatic carbocycles. The maximum absolute atomic E-state index is 14.7. The zero-order valence-electron chi connectivity index (χ0n) is 19.8. The standard InChI is InChI=1S/C26H28FN7O/c1-25(2,35)21-4-3-5-22(31-21)34-15-20(27)19-14-28-24(32-23(19)34)30-17-6-8-18(9-7-17)33-13-12-29-26(16-33)10-11-26/h3-9,14-15,29,35H,10-13,16H2,1-2H3,(H,28,30,32). The molecule has 2 fully saturated rings. The van der Waals surface area contributed by atoms with E-state index in [0.717, 1.165) is 25.3 Å². The van der Waals surface area contributed by atoms with Crippen molar-refractivity contribution in [3.63, 3.8) is 0 Å². The van der Waals surface area contributed by atoms with Crippen LogP contribution in [0.1, 0.15) is 32.4 Å². The Morgan fingerprint density at radius 1 is 1.11 bits per heavy atom. The van der Waals surface area contributed by atoms with E-state index in [1.165, 1.54) is 30.9 Å². The van der Waals surface area contributed by atoms with Gasteiger partial charge < -0.3 is 20.6 Å². The lowest BCUT2D eigenvalue weighted by Gasteiger charge is -2.35. The van der Waals surface area contributed by atoms with E-state index < -0.39 is 11.4 Å². The second-order valence-electron chi connectivity index (χ2n) is 10.0. The van der Waals surface area contributed by atoms with Crippen molar-refractivity contribution in [3.05, 3.63) is 66.4 Å². The highest BCUT2D eigenvalue weighted by Crippen LogP contribution is 2.38. The predicted molar refractivity (Wildman–Crippen MR) is 134 cm³/mol. The number of aromatic nitrogens is 4. The number of halogens is 1. The lowest BCUT2D eigenvalue weighted by atomic mass is 10.1. The van der Waals surface area contributed by atoms with Crippen molar-refractivity contribution < 1.29 is 9.50 Å². The lowest BCUT2D eigenvalue weighted by Crippen LogP contribution is -2.52. The van der Waals surface area contributed by atoms with Gasteiger partial charge in [-0.05, 0) is 63.1 Å². The van der Waals surface area contributed by atoms with Gasteiger partial charge in [0.1, 0.15) is 11.4 Å². The van der Waals surface area contributed by atoms with Gasteiger partial charge in [-0.25, -0.2) is 14.4 Å². The second kappa shape index (κ2) is 8.00. The van der Waals surface area contributed by atoms with E-state index in [9.17, 15) is 9.50 Å². The summed E-state index contributed by atoms with van der Waals surface area (Å²) < 4.78 is 16.2. The molecule has 0 bridgehead atoms. The van der Waals surface area contributed by atoms with Gasteiger partial charge in [-0.2, -0.15) is 4.98 Å². The average Bonchev–Trinajstić information content (AvgIpc) is 3.51. The van der Waals surface area contributed by atoms with Gasteiger partial charge in [-0.15, -0.1) is 0 Å². The number of rotatable bonds is 5. The van der Waals surface area contributed by atoms with Crippen LogP contribution in [-0.4, -0.2) is 49.8 Å². The minimum Gasteiger partial charge on any atom is -0.384 e. The number of nitrogens with zero attached hydrogens (tertiary/aromatic N) is 5. The molecular formula is C26H28FN7O. The minimum absolute atomic E-state index is 0.300. The molecule has 1 aromatic carbocycles. The van der Waals surface area contributed by atoms with Crippen molar-refractivity contribution >= 4 is 28.4 Å². The van der Waals surface area contributed by atoms with Crippen molar-refractivity contribution in [1.29, 1.82) is 0 Å². The summed E-state index contributed by atoms with van der Waals surface area (Å²) in [6, 6.07) is 13.5. The van der Waals surface area contributed by atoms with Crippen LogP contribution >= 0.6 is 0 Å². The Morgan fingerprint density at radius 3 is 2.66 bits per heavy atom. The summed E-state index contributed by atoms with van der Waals surface area (Å²) in [6.45, 7) is 6.38. The molecule has 4 aromatic rings. The molecule has 0 unspecified atom stereocenters. The monoisotopic (exact) mass is 473 g/mol. The van der Waals surface area contributed by atoms with E-state index in [4.69, 9.17) is 0 Å². The third-order valence-electron chi connectivity index (χ3n) is 6.82. The first-order chi connectivity index (χ1) is 16.8. The molecular weight excluding hydrogens is 445 g/mol. The van der Waals surface area contributed by atoms with Crippen molar-refractivity contribution in [2.75, 3.05) is 29.9 Å². The fourth-order valence-corrected chi connectivity index (χ4v) is 4.65. The number of fused-ring (bicyclic) bond motifs is 1. The quantitative estimate of drug-likeness (QED) is 0.405. The molecule has 8 nitrogen and oxygen atoms in total. The lowest BCUT2D eigenvalue weighted by molar-refractivity contribution is 0.0738. The highest BCUT2D eigenvalue weighted by Gasteiger charge is 2.45. The fraction of sp³-hybridized carbons (Fsp3) is 0.346. The van der Waals surface area contributed by atoms with Crippen molar-refractivity contribution in [2.45, 2.75) is 37.8 Å². The molecule has 0 atom stereocenters. The Hall–Kier alpha value is -3.56. The van der Waals surface area contributed by atoms with Gasteiger partial charge in [-0.3, -0.25) is 4.57 Å². The molecule has 0 amide bonds. The number of anilines is 3.